The quantitative estimate of drug-likeness (QED) is 0.583. The molecule has 1 N–H and O–H groups in total. The number of anilines is 1. The highest BCUT2D eigenvalue weighted by Crippen LogP contribution is 2.43. The molecule has 128 valence electrons. The number of fused-ring (bicyclic) bond motifs is 2. The summed E-state index contributed by atoms with van der Waals surface area (Å²) < 4.78 is 7.66. The van der Waals surface area contributed by atoms with Crippen molar-refractivity contribution >= 4 is 29.2 Å². The zero-order chi connectivity index (χ0) is 16.9. The Morgan fingerprint density at radius 2 is 2.04 bits per heavy atom. The predicted molar refractivity (Wildman–Crippen MR) is 103 cm³/mol. The van der Waals surface area contributed by atoms with E-state index >= 15 is 0 Å². The Balaban J connectivity index is 1.91. The molecule has 0 aromatic heterocycles. The Hall–Kier alpha value is -1.20. The minimum atomic E-state index is 0.160. The Morgan fingerprint density at radius 1 is 1.21 bits per heavy atom. The monoisotopic (exact) mass is 362 g/mol. The van der Waals surface area contributed by atoms with E-state index in [0.717, 1.165) is 31.2 Å². The van der Waals surface area contributed by atoms with Gasteiger partial charge in [-0.05, 0) is 61.2 Å². The summed E-state index contributed by atoms with van der Waals surface area (Å²) in [5, 5.41) is 4.48. The van der Waals surface area contributed by atoms with Crippen molar-refractivity contribution in [2.24, 2.45) is 0 Å². The lowest BCUT2D eigenvalue weighted by atomic mass is 9.97. The molecule has 5 heteroatoms. The molecule has 3 rings (SSSR count). The van der Waals surface area contributed by atoms with E-state index in [1.54, 1.807) is 11.9 Å². The zero-order valence-corrected chi connectivity index (χ0v) is 15.7. The Labute approximate surface area is 153 Å². The Bertz CT molecular complexity index is 695. The van der Waals surface area contributed by atoms with Crippen LogP contribution in [0.15, 0.2) is 47.4 Å². The average Bonchev–Trinajstić information content (AvgIpc) is 2.69. The first kappa shape index (κ1) is 17.6. The topological polar surface area (TPSA) is 24.5 Å². The third kappa shape index (κ3) is 3.89. The number of para-hydroxylation sites is 1. The second-order valence-electron chi connectivity index (χ2n) is 5.77. The minimum absolute atomic E-state index is 0.160. The van der Waals surface area contributed by atoms with E-state index in [9.17, 15) is 0 Å². The second-order valence-corrected chi connectivity index (χ2v) is 7.37. The highest BCUT2D eigenvalue weighted by atomic mass is 35.5. The van der Waals surface area contributed by atoms with Crippen molar-refractivity contribution < 1.29 is 4.74 Å². The van der Waals surface area contributed by atoms with Crippen molar-refractivity contribution in [3.8, 4) is 0 Å². The van der Waals surface area contributed by atoms with Crippen molar-refractivity contribution in [1.82, 2.24) is 5.32 Å². The van der Waals surface area contributed by atoms with Gasteiger partial charge >= 0.3 is 0 Å². The maximum Gasteiger partial charge on any atom is 0.0609 e. The smallest absolute Gasteiger partial charge is 0.0609 e. The van der Waals surface area contributed by atoms with E-state index in [1.165, 1.54) is 21.7 Å². The normalized spacial score (nSPS) is 16.5. The number of benzene rings is 2. The molecule has 1 aliphatic heterocycles. The maximum absolute atomic E-state index is 6.23. The second kappa shape index (κ2) is 8.26. The standard InChI is InChI=1S/C19H23ClN2OS/c1-3-23-12-6-11-21-19-15-7-4-5-8-17(15)22(2)24-18-13-14(20)9-10-16(18)19/h4-5,7-10,13,19,21H,3,6,11-12H2,1-2H3. The molecular weight excluding hydrogens is 340 g/mol. The van der Waals surface area contributed by atoms with Gasteiger partial charge in [0.2, 0.25) is 0 Å². The van der Waals surface area contributed by atoms with Crippen LogP contribution in [0.2, 0.25) is 5.02 Å². The van der Waals surface area contributed by atoms with Crippen LogP contribution in [0.1, 0.15) is 30.5 Å². The molecule has 1 aliphatic rings. The molecule has 0 bridgehead atoms. The number of ether oxygens (including phenoxy) is 1. The van der Waals surface area contributed by atoms with Gasteiger partial charge < -0.3 is 14.4 Å². The van der Waals surface area contributed by atoms with Crippen molar-refractivity contribution in [3.63, 3.8) is 0 Å². The van der Waals surface area contributed by atoms with Gasteiger partial charge in [-0.1, -0.05) is 35.9 Å². The fourth-order valence-corrected chi connectivity index (χ4v) is 4.26. The molecule has 24 heavy (non-hydrogen) atoms. The molecule has 0 saturated carbocycles. The summed E-state index contributed by atoms with van der Waals surface area (Å²) in [6.45, 7) is 4.51. The fourth-order valence-electron chi connectivity index (χ4n) is 2.99. The van der Waals surface area contributed by atoms with Crippen LogP contribution in [-0.2, 0) is 4.74 Å². The molecule has 0 saturated heterocycles. The van der Waals surface area contributed by atoms with Crippen LogP contribution >= 0.6 is 23.5 Å². The first-order valence-corrected chi connectivity index (χ1v) is 9.47. The van der Waals surface area contributed by atoms with Crippen LogP contribution in [0.5, 0.6) is 0 Å². The molecule has 1 unspecified atom stereocenters. The van der Waals surface area contributed by atoms with E-state index in [4.69, 9.17) is 16.3 Å². The Kier molecular flexibility index (Phi) is 6.06. The molecular formula is C19H23ClN2OS. The van der Waals surface area contributed by atoms with Gasteiger partial charge in [-0.2, -0.15) is 0 Å². The molecule has 0 amide bonds. The number of nitrogens with zero attached hydrogens (tertiary/aromatic N) is 1. The highest BCUT2D eigenvalue weighted by Gasteiger charge is 2.26. The van der Waals surface area contributed by atoms with Gasteiger partial charge in [0.15, 0.2) is 0 Å². The van der Waals surface area contributed by atoms with Crippen LogP contribution in [0.4, 0.5) is 5.69 Å². The molecule has 1 atom stereocenters. The number of rotatable bonds is 6. The van der Waals surface area contributed by atoms with E-state index in [-0.39, 0.29) is 6.04 Å². The van der Waals surface area contributed by atoms with Crippen molar-refractivity contribution in [2.45, 2.75) is 24.3 Å². The van der Waals surface area contributed by atoms with Crippen molar-refractivity contribution in [2.75, 3.05) is 31.1 Å². The van der Waals surface area contributed by atoms with Crippen LogP contribution in [-0.4, -0.2) is 26.8 Å². The molecule has 0 aliphatic carbocycles. The number of nitrogens with one attached hydrogen (secondary N) is 1. The highest BCUT2D eigenvalue weighted by molar-refractivity contribution is 8.00. The summed E-state index contributed by atoms with van der Waals surface area (Å²) in [6.07, 6.45) is 0.998. The van der Waals surface area contributed by atoms with Gasteiger partial charge in [0, 0.05) is 30.2 Å². The first-order chi connectivity index (χ1) is 11.7. The van der Waals surface area contributed by atoms with Crippen LogP contribution in [0, 0.1) is 0 Å². The van der Waals surface area contributed by atoms with Gasteiger partial charge in [0.1, 0.15) is 0 Å². The van der Waals surface area contributed by atoms with Crippen molar-refractivity contribution in [1.29, 1.82) is 0 Å². The van der Waals surface area contributed by atoms with Gasteiger partial charge in [-0.3, -0.25) is 0 Å². The van der Waals surface area contributed by atoms with E-state index < -0.39 is 0 Å². The summed E-state index contributed by atoms with van der Waals surface area (Å²) >= 11 is 7.95. The number of hydrogen-bond donors (Lipinski definition) is 1. The van der Waals surface area contributed by atoms with Gasteiger partial charge in [0.25, 0.3) is 0 Å². The minimum Gasteiger partial charge on any atom is -0.382 e. The summed E-state index contributed by atoms with van der Waals surface area (Å²) in [6, 6.07) is 14.9. The summed E-state index contributed by atoms with van der Waals surface area (Å²) in [5.74, 6) is 0. The maximum atomic E-state index is 6.23. The first-order valence-electron chi connectivity index (χ1n) is 8.32. The molecule has 0 spiro atoms. The SMILES string of the molecule is CCOCCCNC1c2ccc(Cl)cc2SN(C)c2ccccc21. The van der Waals surface area contributed by atoms with Crippen LogP contribution < -0.4 is 9.62 Å². The molecule has 2 aromatic carbocycles. The van der Waals surface area contributed by atoms with Crippen LogP contribution in [0.3, 0.4) is 0 Å². The van der Waals surface area contributed by atoms with Crippen molar-refractivity contribution in [3.05, 3.63) is 58.6 Å². The molecule has 2 aromatic rings. The summed E-state index contributed by atoms with van der Waals surface area (Å²) in [4.78, 5) is 1.20. The van der Waals surface area contributed by atoms with E-state index in [2.05, 4.69) is 53.1 Å². The Morgan fingerprint density at radius 3 is 2.88 bits per heavy atom. The molecule has 0 radical (unpaired) electrons. The van der Waals surface area contributed by atoms with E-state index in [0.29, 0.717) is 0 Å². The summed E-state index contributed by atoms with van der Waals surface area (Å²) in [7, 11) is 2.10. The van der Waals surface area contributed by atoms with Gasteiger partial charge in [0.05, 0.1) is 11.7 Å². The fraction of sp³-hybridized carbons (Fsp3) is 0.368. The number of hydrogen-bond acceptors (Lipinski definition) is 4. The lowest BCUT2D eigenvalue weighted by Gasteiger charge is -2.22. The zero-order valence-electron chi connectivity index (χ0n) is 14.1. The third-order valence-electron chi connectivity index (χ3n) is 4.13. The van der Waals surface area contributed by atoms with Gasteiger partial charge in [-0.15, -0.1) is 0 Å². The summed E-state index contributed by atoms with van der Waals surface area (Å²) in [5.41, 5.74) is 3.81. The molecule has 3 nitrogen and oxygen atoms in total. The van der Waals surface area contributed by atoms with Gasteiger partial charge in [-0.25, -0.2) is 0 Å². The largest absolute Gasteiger partial charge is 0.382 e. The lowest BCUT2D eigenvalue weighted by molar-refractivity contribution is 0.144. The average molecular weight is 363 g/mol. The third-order valence-corrected chi connectivity index (χ3v) is 5.38. The molecule has 1 heterocycles. The molecule has 0 fully saturated rings. The number of halogens is 1. The predicted octanol–water partition coefficient (Wildman–Crippen LogP) is 4.90. The lowest BCUT2D eigenvalue weighted by Crippen LogP contribution is -2.25. The van der Waals surface area contributed by atoms with E-state index in [1.807, 2.05) is 13.0 Å². The van der Waals surface area contributed by atoms with Crippen LogP contribution in [0.25, 0.3) is 0 Å².